The van der Waals surface area contributed by atoms with Crippen molar-refractivity contribution in [1.82, 2.24) is 4.90 Å². The van der Waals surface area contributed by atoms with Gasteiger partial charge in [-0.25, -0.2) is 0 Å². The summed E-state index contributed by atoms with van der Waals surface area (Å²) in [4.78, 5) is 14.3. The lowest BCUT2D eigenvalue weighted by molar-refractivity contribution is -0.117. The van der Waals surface area contributed by atoms with Crippen molar-refractivity contribution in [2.24, 2.45) is 0 Å². The smallest absolute Gasteiger partial charge is 0.238 e. The molecule has 1 aromatic heterocycles. The lowest BCUT2D eigenvalue weighted by Crippen LogP contribution is -2.32. The van der Waals surface area contributed by atoms with Gasteiger partial charge in [-0.1, -0.05) is 29.8 Å². The van der Waals surface area contributed by atoms with Crippen molar-refractivity contribution in [3.05, 3.63) is 59.3 Å². The van der Waals surface area contributed by atoms with Gasteiger partial charge in [0, 0.05) is 10.4 Å². The maximum absolute atomic E-state index is 12.4. The van der Waals surface area contributed by atoms with Crippen molar-refractivity contribution >= 4 is 34.2 Å². The Morgan fingerprint density at radius 3 is 2.77 bits per heavy atom. The Morgan fingerprint density at radius 2 is 2.04 bits per heavy atom. The normalized spacial score (nSPS) is 12.3. The van der Waals surface area contributed by atoms with E-state index >= 15 is 0 Å². The Labute approximate surface area is 157 Å². The quantitative estimate of drug-likeness (QED) is 0.679. The number of halogens is 1. The molecule has 0 radical (unpaired) electrons. The molecule has 0 aliphatic heterocycles. The molecule has 0 fully saturated rings. The number of benzene rings is 2. The first kappa shape index (κ1) is 18.3. The van der Waals surface area contributed by atoms with Crippen molar-refractivity contribution in [1.29, 1.82) is 0 Å². The summed E-state index contributed by atoms with van der Waals surface area (Å²) < 4.78 is 11.1. The number of rotatable bonds is 6. The summed E-state index contributed by atoms with van der Waals surface area (Å²) in [5.41, 5.74) is 1.39. The molecule has 1 heterocycles. The summed E-state index contributed by atoms with van der Waals surface area (Å²) in [7, 11) is 3.43. The molecule has 6 heteroatoms. The van der Waals surface area contributed by atoms with Crippen molar-refractivity contribution in [2.45, 2.75) is 13.0 Å². The number of amides is 1. The molecule has 2 aromatic carbocycles. The number of methoxy groups -OCH3 is 1. The van der Waals surface area contributed by atoms with Crippen molar-refractivity contribution in [3.63, 3.8) is 0 Å². The molecule has 1 atom stereocenters. The number of hydrogen-bond donors (Lipinski definition) is 1. The Kier molecular flexibility index (Phi) is 5.49. The minimum atomic E-state index is -0.156. The van der Waals surface area contributed by atoms with Gasteiger partial charge < -0.3 is 14.5 Å². The number of carbonyl (C=O) groups is 1. The number of ether oxygens (including phenoxy) is 1. The van der Waals surface area contributed by atoms with Crippen LogP contribution in [-0.4, -0.2) is 31.5 Å². The van der Waals surface area contributed by atoms with E-state index in [2.05, 4.69) is 5.32 Å². The fourth-order valence-corrected chi connectivity index (χ4v) is 2.93. The average Bonchev–Trinajstić information content (AvgIpc) is 3.05. The highest BCUT2D eigenvalue weighted by molar-refractivity contribution is 6.31. The zero-order valence-corrected chi connectivity index (χ0v) is 15.7. The third-order valence-electron chi connectivity index (χ3n) is 4.35. The number of nitrogens with one attached hydrogen (secondary N) is 1. The number of fused-ring (bicyclic) bond motifs is 1. The lowest BCUT2D eigenvalue weighted by atomic mass is 10.2. The second-order valence-electron chi connectivity index (χ2n) is 6.17. The topological polar surface area (TPSA) is 54.7 Å². The third-order valence-corrected chi connectivity index (χ3v) is 4.58. The number of hydrogen-bond acceptors (Lipinski definition) is 4. The number of anilines is 1. The van der Waals surface area contributed by atoms with Crippen LogP contribution >= 0.6 is 11.6 Å². The van der Waals surface area contributed by atoms with Gasteiger partial charge in [-0.2, -0.15) is 0 Å². The summed E-state index contributed by atoms with van der Waals surface area (Å²) in [5, 5.41) is 4.43. The van der Waals surface area contributed by atoms with Crippen LogP contribution in [0.4, 0.5) is 5.69 Å². The number of para-hydroxylation sites is 1. The Bertz CT molecular complexity index is 889. The average molecular weight is 373 g/mol. The first-order valence-corrected chi connectivity index (χ1v) is 8.68. The van der Waals surface area contributed by atoms with Crippen molar-refractivity contribution in [2.75, 3.05) is 26.0 Å². The van der Waals surface area contributed by atoms with Crippen LogP contribution < -0.4 is 10.1 Å². The van der Waals surface area contributed by atoms with Crippen LogP contribution in [0.2, 0.25) is 5.02 Å². The number of nitrogens with zero attached hydrogens (tertiary/aromatic N) is 1. The van der Waals surface area contributed by atoms with Crippen LogP contribution in [0.3, 0.4) is 0 Å². The molecule has 1 N–H and O–H groups in total. The summed E-state index contributed by atoms with van der Waals surface area (Å²) in [6.07, 6.45) is 0. The highest BCUT2D eigenvalue weighted by atomic mass is 35.5. The van der Waals surface area contributed by atoms with E-state index in [9.17, 15) is 4.79 Å². The van der Waals surface area contributed by atoms with E-state index in [1.165, 1.54) is 0 Å². The highest BCUT2D eigenvalue weighted by Gasteiger charge is 2.19. The van der Waals surface area contributed by atoms with Gasteiger partial charge in [0.05, 0.1) is 25.4 Å². The van der Waals surface area contributed by atoms with E-state index in [4.69, 9.17) is 20.8 Å². The summed E-state index contributed by atoms with van der Waals surface area (Å²) in [6, 6.07) is 14.9. The zero-order valence-electron chi connectivity index (χ0n) is 15.0. The maximum Gasteiger partial charge on any atom is 0.238 e. The maximum atomic E-state index is 12.4. The van der Waals surface area contributed by atoms with Crippen LogP contribution in [0, 0.1) is 0 Å². The van der Waals surface area contributed by atoms with E-state index in [1.54, 1.807) is 25.3 Å². The van der Waals surface area contributed by atoms with Crippen LogP contribution in [-0.2, 0) is 4.79 Å². The number of likely N-dealkylation sites (N-methyl/N-ethyl adjacent to an activating group) is 1. The molecule has 0 bridgehead atoms. The van der Waals surface area contributed by atoms with Gasteiger partial charge in [0.15, 0.2) is 0 Å². The summed E-state index contributed by atoms with van der Waals surface area (Å²) in [6.45, 7) is 2.21. The van der Waals surface area contributed by atoms with Gasteiger partial charge in [-0.05, 0) is 44.3 Å². The largest absolute Gasteiger partial charge is 0.495 e. The van der Waals surface area contributed by atoms with Crippen LogP contribution in [0.5, 0.6) is 5.75 Å². The molecule has 1 amide bonds. The predicted octanol–water partition coefficient (Wildman–Crippen LogP) is 4.73. The standard InChI is InChI=1S/C20H21ClN2O3/c1-13(19-10-14-6-4-5-7-17(14)26-19)23(2)12-20(24)22-16-11-15(21)8-9-18(16)25-3/h4-11,13H,12H2,1-3H3,(H,22,24)/t13-/m0/s1. The van der Waals surface area contributed by atoms with E-state index in [-0.39, 0.29) is 18.5 Å². The molecule has 3 aromatic rings. The first-order chi connectivity index (χ1) is 12.5. The zero-order chi connectivity index (χ0) is 18.7. The molecule has 26 heavy (non-hydrogen) atoms. The SMILES string of the molecule is COc1ccc(Cl)cc1NC(=O)CN(C)[C@@H](C)c1cc2ccccc2o1. The molecule has 136 valence electrons. The van der Waals surface area contributed by atoms with Crippen LogP contribution in [0.1, 0.15) is 18.7 Å². The van der Waals surface area contributed by atoms with Crippen LogP contribution in [0.25, 0.3) is 11.0 Å². The van der Waals surface area contributed by atoms with Gasteiger partial charge in [-0.3, -0.25) is 9.69 Å². The molecule has 0 unspecified atom stereocenters. The van der Waals surface area contributed by atoms with E-state index < -0.39 is 0 Å². The highest BCUT2D eigenvalue weighted by Crippen LogP contribution is 2.29. The van der Waals surface area contributed by atoms with E-state index in [1.807, 2.05) is 49.2 Å². The second kappa shape index (κ2) is 7.81. The Morgan fingerprint density at radius 1 is 1.27 bits per heavy atom. The fourth-order valence-electron chi connectivity index (χ4n) is 2.76. The van der Waals surface area contributed by atoms with E-state index in [0.717, 1.165) is 16.7 Å². The number of furan rings is 1. The first-order valence-electron chi connectivity index (χ1n) is 8.30. The molecule has 0 spiro atoms. The minimum Gasteiger partial charge on any atom is -0.495 e. The second-order valence-corrected chi connectivity index (χ2v) is 6.61. The molecule has 0 saturated carbocycles. The van der Waals surface area contributed by atoms with Gasteiger partial charge in [0.25, 0.3) is 0 Å². The summed E-state index contributed by atoms with van der Waals surface area (Å²) in [5.74, 6) is 1.23. The van der Waals surface area contributed by atoms with Crippen molar-refractivity contribution in [3.8, 4) is 5.75 Å². The van der Waals surface area contributed by atoms with Gasteiger partial charge in [-0.15, -0.1) is 0 Å². The molecule has 0 aliphatic carbocycles. The van der Waals surface area contributed by atoms with Gasteiger partial charge in [0.1, 0.15) is 17.1 Å². The molecule has 0 aliphatic rings. The van der Waals surface area contributed by atoms with Crippen molar-refractivity contribution < 1.29 is 13.9 Å². The monoisotopic (exact) mass is 372 g/mol. The lowest BCUT2D eigenvalue weighted by Gasteiger charge is -2.22. The molecular weight excluding hydrogens is 352 g/mol. The number of carbonyl (C=O) groups excluding carboxylic acids is 1. The minimum absolute atomic E-state index is 0.0468. The Hall–Kier alpha value is -2.50. The van der Waals surface area contributed by atoms with E-state index in [0.29, 0.717) is 16.5 Å². The third kappa shape index (κ3) is 4.00. The van der Waals surface area contributed by atoms with Crippen LogP contribution in [0.15, 0.2) is 52.9 Å². The molecule has 5 nitrogen and oxygen atoms in total. The fraction of sp³-hybridized carbons (Fsp3) is 0.250. The molecule has 0 saturated heterocycles. The van der Waals surface area contributed by atoms with Gasteiger partial charge >= 0.3 is 0 Å². The predicted molar refractivity (Wildman–Crippen MR) is 104 cm³/mol. The van der Waals surface area contributed by atoms with Gasteiger partial charge in [0.2, 0.25) is 5.91 Å². The Balaban J connectivity index is 1.68. The summed E-state index contributed by atoms with van der Waals surface area (Å²) >= 11 is 6.00. The molecular formula is C20H21ClN2O3. The molecule has 3 rings (SSSR count).